The number of rotatable bonds is 30. The van der Waals surface area contributed by atoms with Crippen LogP contribution in [0, 0.1) is 30.6 Å². The number of ketones is 4. The number of amides is 2. The number of Topliss-reactive ketones (excluding diaryl/α,β-unsaturated/α-hetero) is 4. The van der Waals surface area contributed by atoms with Gasteiger partial charge < -0.3 is 20.5 Å². The second kappa shape index (κ2) is 27.5. The number of aromatic nitrogens is 3. The van der Waals surface area contributed by atoms with Crippen molar-refractivity contribution in [3.63, 3.8) is 0 Å². The van der Waals surface area contributed by atoms with Crippen LogP contribution in [0.2, 0.25) is 0 Å². The first-order valence-corrected chi connectivity index (χ1v) is 26.7. The van der Waals surface area contributed by atoms with Gasteiger partial charge >= 0.3 is 0 Å². The fourth-order valence-electron chi connectivity index (χ4n) is 8.87. The summed E-state index contributed by atoms with van der Waals surface area (Å²) in [5, 5.41) is 25.3. The van der Waals surface area contributed by atoms with Crippen LogP contribution in [0.3, 0.4) is 0 Å². The van der Waals surface area contributed by atoms with Crippen LogP contribution >= 0.6 is 0 Å². The van der Waals surface area contributed by atoms with Crippen LogP contribution in [-0.2, 0) is 69.3 Å². The van der Waals surface area contributed by atoms with Gasteiger partial charge in [0.25, 0.3) is 10.1 Å². The number of benzene rings is 3. The van der Waals surface area contributed by atoms with Gasteiger partial charge in [0.05, 0.1) is 42.4 Å². The number of nitrogens with zero attached hydrogens (tertiary/aromatic N) is 4. The molecule has 73 heavy (non-hydrogen) atoms. The molecule has 1 fully saturated rings. The number of nitrogens with one attached hydrogen (secondary N) is 2. The molecule has 3 N–H and O–H groups in total. The predicted octanol–water partition coefficient (Wildman–Crippen LogP) is 5.38. The summed E-state index contributed by atoms with van der Waals surface area (Å²) < 4.78 is 39.7. The largest absolute Gasteiger partial charge is 0.380 e. The fourth-order valence-corrected chi connectivity index (χ4v) is 10.1. The van der Waals surface area contributed by atoms with Gasteiger partial charge in [-0.25, -0.2) is 0 Å². The number of hydrogen-bond acceptors (Lipinski definition) is 14. The minimum Gasteiger partial charge on any atom is -0.380 e. The second-order valence-electron chi connectivity index (χ2n) is 20.4. The first kappa shape index (κ1) is 58.1. The van der Waals surface area contributed by atoms with Crippen molar-refractivity contribution < 1.29 is 51.2 Å². The minimum absolute atomic E-state index is 0.0102. The lowest BCUT2D eigenvalue weighted by Crippen LogP contribution is -2.54. The fraction of sp³-hybridized carbons (Fsp3) is 0.527. The standard InChI is InChI=1S/C55H74N6O11S/c1-37(2)28-47(56-53(66)43(21-19-40-14-10-8-11-15-40)31-46(62)35-61-24-26-71-27-25-61)50(64)32-44(30-41-16-12-9-13-17-41)54(67)57-48(29-38(3)4)52(65)55(6,68)36-72-73(69,70)51-33-42(20-18-39(51)5)49(63)23-22-45-34-60(7)59-58-45/h8-18,20,33-34,37-38,43-44,47-48,68H,19,21-32,35-36H2,1-7H3,(H,56,66)(H,57,67)/t43-,44-,47+,48+,55?/m1/s1. The van der Waals surface area contributed by atoms with Crippen molar-refractivity contribution in [3.05, 3.63) is 113 Å². The number of aryl methyl sites for hydroxylation is 4. The molecule has 4 aromatic rings. The molecule has 2 amide bonds. The molecular formula is C55H74N6O11S. The Bertz CT molecular complexity index is 2600. The zero-order chi connectivity index (χ0) is 53.3. The average Bonchev–Trinajstić information content (AvgIpc) is 3.78. The molecule has 1 unspecified atom stereocenters. The molecule has 0 aliphatic carbocycles. The van der Waals surface area contributed by atoms with Crippen molar-refractivity contribution in [1.29, 1.82) is 0 Å². The van der Waals surface area contributed by atoms with Crippen molar-refractivity contribution in [2.75, 3.05) is 39.5 Å². The molecule has 396 valence electrons. The van der Waals surface area contributed by atoms with Gasteiger partial charge in [-0.15, -0.1) is 5.10 Å². The van der Waals surface area contributed by atoms with Gasteiger partial charge in [0.1, 0.15) is 18.0 Å². The molecule has 5 atom stereocenters. The third-order valence-electron chi connectivity index (χ3n) is 12.9. The van der Waals surface area contributed by atoms with Crippen molar-refractivity contribution in [1.82, 2.24) is 30.5 Å². The van der Waals surface area contributed by atoms with Gasteiger partial charge in [0.15, 0.2) is 17.3 Å². The molecule has 17 nitrogen and oxygen atoms in total. The van der Waals surface area contributed by atoms with E-state index in [2.05, 4.69) is 20.9 Å². The van der Waals surface area contributed by atoms with E-state index in [0.29, 0.717) is 44.8 Å². The van der Waals surface area contributed by atoms with Gasteiger partial charge in [-0.3, -0.25) is 42.5 Å². The molecule has 0 radical (unpaired) electrons. The number of hydrogen-bond donors (Lipinski definition) is 3. The number of carbonyl (C=O) groups is 6. The van der Waals surface area contributed by atoms with E-state index in [-0.39, 0.29) is 90.9 Å². The van der Waals surface area contributed by atoms with E-state index in [1.54, 1.807) is 25.4 Å². The molecule has 2 heterocycles. The van der Waals surface area contributed by atoms with Gasteiger partial charge in [0.2, 0.25) is 11.8 Å². The Balaban J connectivity index is 1.31. The molecule has 0 bridgehead atoms. The number of carbonyl (C=O) groups excluding carboxylic acids is 6. The monoisotopic (exact) mass is 1030 g/mol. The summed E-state index contributed by atoms with van der Waals surface area (Å²) in [7, 11) is -2.94. The van der Waals surface area contributed by atoms with Crippen LogP contribution in [0.4, 0.5) is 0 Å². The summed E-state index contributed by atoms with van der Waals surface area (Å²) >= 11 is 0. The second-order valence-corrected chi connectivity index (χ2v) is 22.0. The highest BCUT2D eigenvalue weighted by Gasteiger charge is 2.40. The van der Waals surface area contributed by atoms with Gasteiger partial charge in [-0.2, -0.15) is 8.42 Å². The summed E-state index contributed by atoms with van der Waals surface area (Å²) in [6, 6.07) is 20.6. The first-order valence-electron chi connectivity index (χ1n) is 25.3. The van der Waals surface area contributed by atoms with Crippen LogP contribution in [0.25, 0.3) is 0 Å². The summed E-state index contributed by atoms with van der Waals surface area (Å²) in [5.74, 6) is -4.80. The Morgan fingerprint density at radius 2 is 1.41 bits per heavy atom. The van der Waals surface area contributed by atoms with Gasteiger partial charge in [0, 0.05) is 69.4 Å². The van der Waals surface area contributed by atoms with Crippen molar-refractivity contribution in [2.24, 2.45) is 30.7 Å². The van der Waals surface area contributed by atoms with Crippen molar-refractivity contribution in [2.45, 2.75) is 122 Å². The maximum absolute atomic E-state index is 14.5. The van der Waals surface area contributed by atoms with E-state index in [1.807, 2.05) is 81.1 Å². The Hall–Kier alpha value is -5.79. The van der Waals surface area contributed by atoms with Crippen LogP contribution < -0.4 is 10.6 Å². The molecule has 1 aliphatic rings. The molecule has 3 aromatic carbocycles. The quantitative estimate of drug-likeness (QED) is 0.0440. The zero-order valence-corrected chi connectivity index (χ0v) is 44.2. The highest BCUT2D eigenvalue weighted by molar-refractivity contribution is 7.86. The molecule has 1 aromatic heterocycles. The Morgan fingerprint density at radius 1 is 0.808 bits per heavy atom. The highest BCUT2D eigenvalue weighted by atomic mass is 32.2. The average molecular weight is 1030 g/mol. The Morgan fingerprint density at radius 3 is 2.03 bits per heavy atom. The lowest BCUT2D eigenvalue weighted by molar-refractivity contribution is -0.143. The Kier molecular flexibility index (Phi) is 21.9. The van der Waals surface area contributed by atoms with Crippen LogP contribution in [0.1, 0.15) is 106 Å². The van der Waals surface area contributed by atoms with E-state index < -0.39 is 69.6 Å². The molecule has 0 saturated carbocycles. The number of morpholine rings is 1. The molecular weight excluding hydrogens is 953 g/mol. The summed E-state index contributed by atoms with van der Waals surface area (Å²) in [6.45, 7) is 11.6. The summed E-state index contributed by atoms with van der Waals surface area (Å²) in [4.78, 5) is 86.0. The first-order chi connectivity index (χ1) is 34.6. The number of ether oxygens (including phenoxy) is 1. The molecule has 0 spiro atoms. The maximum Gasteiger partial charge on any atom is 0.297 e. The third kappa shape index (κ3) is 18.6. The Labute approximate surface area is 430 Å². The summed E-state index contributed by atoms with van der Waals surface area (Å²) in [6.07, 6.45) is 3.01. The van der Waals surface area contributed by atoms with E-state index in [0.717, 1.165) is 18.1 Å². The normalized spacial score (nSPS) is 15.8. The van der Waals surface area contributed by atoms with E-state index in [9.17, 15) is 42.3 Å². The zero-order valence-electron chi connectivity index (χ0n) is 43.4. The smallest absolute Gasteiger partial charge is 0.297 e. The molecule has 5 rings (SSSR count). The van der Waals surface area contributed by atoms with E-state index >= 15 is 0 Å². The predicted molar refractivity (Wildman–Crippen MR) is 275 cm³/mol. The molecule has 1 aliphatic heterocycles. The van der Waals surface area contributed by atoms with E-state index in [4.69, 9.17) is 8.92 Å². The lowest BCUT2D eigenvalue weighted by Gasteiger charge is -2.30. The van der Waals surface area contributed by atoms with E-state index in [1.165, 1.54) is 29.8 Å². The topological polar surface area (TPSA) is 233 Å². The molecule has 1 saturated heterocycles. The number of aliphatic hydroxyl groups is 1. The third-order valence-corrected chi connectivity index (χ3v) is 14.3. The van der Waals surface area contributed by atoms with Crippen LogP contribution in [0.5, 0.6) is 0 Å². The maximum atomic E-state index is 14.5. The van der Waals surface area contributed by atoms with Crippen LogP contribution in [-0.4, -0.2) is 126 Å². The summed E-state index contributed by atoms with van der Waals surface area (Å²) in [5.41, 5.74) is 0.304. The van der Waals surface area contributed by atoms with Crippen molar-refractivity contribution >= 4 is 45.1 Å². The van der Waals surface area contributed by atoms with Crippen LogP contribution in [0.15, 0.2) is 90.0 Å². The van der Waals surface area contributed by atoms with Crippen molar-refractivity contribution in [3.8, 4) is 0 Å². The minimum atomic E-state index is -4.64. The van der Waals surface area contributed by atoms with Gasteiger partial charge in [-0.05, 0) is 80.5 Å². The molecule has 18 heteroatoms. The van der Waals surface area contributed by atoms with Gasteiger partial charge in [-0.1, -0.05) is 106 Å². The SMILES string of the molecule is Cc1ccc(C(=O)CCc2cn(C)nn2)cc1S(=O)(=O)OCC(C)(O)C(=O)[C@H](CC(C)C)NC(=O)[C@@H](CC(=O)[C@H](CC(C)C)NC(=O)[C@H](CCc1ccccc1)CC(=O)CN1CCOCC1)Cc1ccccc1. The highest BCUT2D eigenvalue weighted by Crippen LogP contribution is 2.25. The lowest BCUT2D eigenvalue weighted by atomic mass is 9.86.